The van der Waals surface area contributed by atoms with Crippen LogP contribution in [0, 0.1) is 0 Å². The Bertz CT molecular complexity index is 1020. The molecule has 1 heterocycles. The first-order valence-electron chi connectivity index (χ1n) is 8.56. The van der Waals surface area contributed by atoms with Crippen LogP contribution in [0.5, 0.6) is 0 Å². The van der Waals surface area contributed by atoms with E-state index >= 15 is 0 Å². The standard InChI is InChI=1S/C20H18ClN3O3S/c1-2-27-19(26)10-5-13-3-7-15(8-4-13)22-18(25)12-28-20-23-16-9-6-14(21)11-17(16)24-20/h3-11H,2,12H2,1H3,(H,22,25)(H,23,24)/b10-5+. The Hall–Kier alpha value is -2.77. The summed E-state index contributed by atoms with van der Waals surface area (Å²) in [7, 11) is 0. The summed E-state index contributed by atoms with van der Waals surface area (Å²) in [6.45, 7) is 2.10. The number of carbonyl (C=O) groups excluding carboxylic acids is 2. The van der Waals surface area contributed by atoms with Gasteiger partial charge in [-0.15, -0.1) is 0 Å². The SMILES string of the molecule is CCOC(=O)/C=C/c1ccc(NC(=O)CSc2nc3ccc(Cl)cc3[nH]2)cc1. The number of aromatic nitrogens is 2. The second kappa shape index (κ2) is 9.43. The number of amides is 1. The van der Waals surface area contributed by atoms with E-state index in [-0.39, 0.29) is 17.6 Å². The second-order valence-electron chi connectivity index (χ2n) is 5.75. The van der Waals surface area contributed by atoms with E-state index in [4.69, 9.17) is 16.3 Å². The Balaban J connectivity index is 1.52. The number of nitrogens with zero attached hydrogens (tertiary/aromatic N) is 1. The molecule has 0 aliphatic rings. The van der Waals surface area contributed by atoms with E-state index in [1.807, 2.05) is 18.2 Å². The van der Waals surface area contributed by atoms with E-state index in [0.717, 1.165) is 16.6 Å². The van der Waals surface area contributed by atoms with Crippen molar-refractivity contribution in [3.63, 3.8) is 0 Å². The molecule has 0 radical (unpaired) electrons. The molecule has 3 aromatic rings. The Kier molecular flexibility index (Phi) is 6.73. The van der Waals surface area contributed by atoms with E-state index in [0.29, 0.717) is 22.5 Å². The zero-order valence-electron chi connectivity index (χ0n) is 15.1. The van der Waals surface area contributed by atoms with Crippen LogP contribution in [0.25, 0.3) is 17.1 Å². The number of H-pyrrole nitrogens is 1. The third-order valence-electron chi connectivity index (χ3n) is 3.66. The number of hydrogen-bond donors (Lipinski definition) is 2. The van der Waals surface area contributed by atoms with Gasteiger partial charge in [0.15, 0.2) is 5.16 Å². The van der Waals surface area contributed by atoms with Crippen LogP contribution in [0.4, 0.5) is 5.69 Å². The minimum absolute atomic E-state index is 0.140. The molecular weight excluding hydrogens is 398 g/mol. The van der Waals surface area contributed by atoms with Crippen LogP contribution in [-0.2, 0) is 14.3 Å². The average molecular weight is 416 g/mol. The molecule has 6 nitrogen and oxygen atoms in total. The summed E-state index contributed by atoms with van der Waals surface area (Å²) in [5, 5.41) is 4.12. The predicted octanol–water partition coefficient (Wildman–Crippen LogP) is 4.52. The van der Waals surface area contributed by atoms with Crippen LogP contribution in [0.2, 0.25) is 5.02 Å². The molecule has 0 saturated heterocycles. The number of thioether (sulfide) groups is 1. The third kappa shape index (κ3) is 5.61. The first kappa shape index (κ1) is 20.0. The van der Waals surface area contributed by atoms with Crippen molar-refractivity contribution in [1.29, 1.82) is 0 Å². The van der Waals surface area contributed by atoms with E-state index < -0.39 is 0 Å². The van der Waals surface area contributed by atoms with Crippen LogP contribution in [0.15, 0.2) is 53.7 Å². The number of ether oxygens (including phenoxy) is 1. The Labute approximate surface area is 171 Å². The van der Waals surface area contributed by atoms with Crippen LogP contribution < -0.4 is 5.32 Å². The number of hydrogen-bond acceptors (Lipinski definition) is 5. The van der Waals surface area contributed by atoms with Gasteiger partial charge in [0.2, 0.25) is 5.91 Å². The van der Waals surface area contributed by atoms with Crippen molar-refractivity contribution in [2.24, 2.45) is 0 Å². The van der Waals surface area contributed by atoms with Crippen molar-refractivity contribution < 1.29 is 14.3 Å². The van der Waals surface area contributed by atoms with Gasteiger partial charge in [0, 0.05) is 16.8 Å². The average Bonchev–Trinajstić information content (AvgIpc) is 3.08. The predicted molar refractivity (Wildman–Crippen MR) is 113 cm³/mol. The maximum Gasteiger partial charge on any atom is 0.330 e. The van der Waals surface area contributed by atoms with Crippen molar-refractivity contribution in [2.75, 3.05) is 17.7 Å². The van der Waals surface area contributed by atoms with Crippen molar-refractivity contribution in [3.05, 3.63) is 59.1 Å². The lowest BCUT2D eigenvalue weighted by Gasteiger charge is -2.04. The highest BCUT2D eigenvalue weighted by Crippen LogP contribution is 2.22. The number of nitrogens with one attached hydrogen (secondary N) is 2. The topological polar surface area (TPSA) is 84.1 Å². The minimum Gasteiger partial charge on any atom is -0.463 e. The van der Waals surface area contributed by atoms with E-state index in [1.165, 1.54) is 17.8 Å². The van der Waals surface area contributed by atoms with Gasteiger partial charge in [-0.05, 0) is 48.9 Å². The number of carbonyl (C=O) groups is 2. The van der Waals surface area contributed by atoms with Crippen molar-refractivity contribution >= 4 is 58.0 Å². The molecule has 0 spiro atoms. The van der Waals surface area contributed by atoms with Gasteiger partial charge in [0.25, 0.3) is 0 Å². The third-order valence-corrected chi connectivity index (χ3v) is 4.76. The molecule has 0 unspecified atom stereocenters. The molecule has 8 heteroatoms. The number of anilines is 1. The molecule has 0 bridgehead atoms. The lowest BCUT2D eigenvalue weighted by molar-refractivity contribution is -0.137. The molecule has 1 amide bonds. The first-order chi connectivity index (χ1) is 13.5. The van der Waals surface area contributed by atoms with Crippen molar-refractivity contribution in [2.45, 2.75) is 12.1 Å². The van der Waals surface area contributed by atoms with Gasteiger partial charge in [-0.3, -0.25) is 4.79 Å². The van der Waals surface area contributed by atoms with Gasteiger partial charge >= 0.3 is 5.97 Å². The molecule has 1 aromatic heterocycles. The second-order valence-corrected chi connectivity index (χ2v) is 7.15. The molecule has 0 aliphatic heterocycles. The lowest BCUT2D eigenvalue weighted by Crippen LogP contribution is -2.14. The fourth-order valence-electron chi connectivity index (χ4n) is 2.39. The fourth-order valence-corrected chi connectivity index (χ4v) is 3.25. The molecule has 28 heavy (non-hydrogen) atoms. The summed E-state index contributed by atoms with van der Waals surface area (Å²) in [5.41, 5.74) is 3.15. The van der Waals surface area contributed by atoms with E-state index in [9.17, 15) is 9.59 Å². The van der Waals surface area contributed by atoms with Gasteiger partial charge in [-0.25, -0.2) is 9.78 Å². The molecule has 144 valence electrons. The van der Waals surface area contributed by atoms with Gasteiger partial charge in [0.05, 0.1) is 23.4 Å². The summed E-state index contributed by atoms with van der Waals surface area (Å²) in [5.74, 6) is -0.305. The molecule has 0 atom stereocenters. The highest BCUT2D eigenvalue weighted by molar-refractivity contribution is 7.99. The monoisotopic (exact) mass is 415 g/mol. The number of halogens is 1. The maximum atomic E-state index is 12.2. The molecule has 2 aromatic carbocycles. The smallest absolute Gasteiger partial charge is 0.330 e. The van der Waals surface area contributed by atoms with Crippen LogP contribution in [-0.4, -0.2) is 34.2 Å². The summed E-state index contributed by atoms with van der Waals surface area (Å²) < 4.78 is 4.83. The van der Waals surface area contributed by atoms with E-state index in [2.05, 4.69) is 15.3 Å². The van der Waals surface area contributed by atoms with Gasteiger partial charge in [-0.1, -0.05) is 35.5 Å². The zero-order chi connectivity index (χ0) is 19.9. The molecule has 0 fully saturated rings. The highest BCUT2D eigenvalue weighted by atomic mass is 35.5. The Morgan fingerprint density at radius 3 is 2.79 bits per heavy atom. The van der Waals surface area contributed by atoms with Gasteiger partial charge < -0.3 is 15.0 Å². The van der Waals surface area contributed by atoms with Crippen LogP contribution in [0.3, 0.4) is 0 Å². The minimum atomic E-state index is -0.384. The quantitative estimate of drug-likeness (QED) is 0.336. The molecule has 2 N–H and O–H groups in total. The van der Waals surface area contributed by atoms with E-state index in [1.54, 1.807) is 37.3 Å². The van der Waals surface area contributed by atoms with Gasteiger partial charge in [0.1, 0.15) is 0 Å². The summed E-state index contributed by atoms with van der Waals surface area (Å²) in [4.78, 5) is 31.0. The number of aromatic amines is 1. The summed E-state index contributed by atoms with van der Waals surface area (Å²) in [6.07, 6.45) is 3.03. The number of imidazole rings is 1. The molecule has 3 rings (SSSR count). The first-order valence-corrected chi connectivity index (χ1v) is 9.92. The zero-order valence-corrected chi connectivity index (χ0v) is 16.6. The molecule has 0 aliphatic carbocycles. The highest BCUT2D eigenvalue weighted by Gasteiger charge is 2.08. The van der Waals surface area contributed by atoms with Crippen molar-refractivity contribution in [1.82, 2.24) is 9.97 Å². The van der Waals surface area contributed by atoms with Gasteiger partial charge in [-0.2, -0.15) is 0 Å². The number of fused-ring (bicyclic) bond motifs is 1. The summed E-state index contributed by atoms with van der Waals surface area (Å²) in [6, 6.07) is 12.6. The van der Waals surface area contributed by atoms with Crippen LogP contribution >= 0.6 is 23.4 Å². The van der Waals surface area contributed by atoms with Crippen LogP contribution in [0.1, 0.15) is 12.5 Å². The fraction of sp³-hybridized carbons (Fsp3) is 0.150. The van der Waals surface area contributed by atoms with Crippen molar-refractivity contribution in [3.8, 4) is 0 Å². The lowest BCUT2D eigenvalue weighted by atomic mass is 10.2. The number of benzene rings is 2. The maximum absolute atomic E-state index is 12.2. The number of esters is 1. The Morgan fingerprint density at radius 2 is 2.04 bits per heavy atom. The Morgan fingerprint density at radius 1 is 1.25 bits per heavy atom. The number of rotatable bonds is 7. The normalized spacial score (nSPS) is 11.1. The largest absolute Gasteiger partial charge is 0.463 e. The summed E-state index contributed by atoms with van der Waals surface area (Å²) >= 11 is 7.27. The molecule has 0 saturated carbocycles. The molecular formula is C20H18ClN3O3S.